The monoisotopic (exact) mass is 539 g/mol. The van der Waals surface area contributed by atoms with Crippen molar-refractivity contribution in [3.8, 4) is 17.2 Å². The number of thioether (sulfide) groups is 1. The fourth-order valence-electron chi connectivity index (χ4n) is 2.85. The van der Waals surface area contributed by atoms with E-state index >= 15 is 0 Å². The molecule has 1 fully saturated rings. The van der Waals surface area contributed by atoms with E-state index in [9.17, 15) is 4.79 Å². The molecule has 0 aliphatic carbocycles. The van der Waals surface area contributed by atoms with E-state index in [0.29, 0.717) is 54.9 Å². The van der Waals surface area contributed by atoms with Gasteiger partial charge in [-0.25, -0.2) is 0 Å². The van der Waals surface area contributed by atoms with E-state index in [4.69, 9.17) is 38.0 Å². The van der Waals surface area contributed by atoms with Crippen molar-refractivity contribution in [3.63, 3.8) is 0 Å². The number of anilines is 1. The first-order valence-electron chi connectivity index (χ1n) is 9.21. The molecule has 1 aliphatic heterocycles. The first-order valence-corrected chi connectivity index (χ1v) is 11.6. The first kappa shape index (κ1) is 23.7. The van der Waals surface area contributed by atoms with Crippen LogP contribution in [0.15, 0.2) is 52.4 Å². The van der Waals surface area contributed by atoms with Gasteiger partial charge in [0.15, 0.2) is 15.8 Å². The Morgan fingerprint density at radius 1 is 1.26 bits per heavy atom. The van der Waals surface area contributed by atoms with Crippen molar-refractivity contribution in [3.05, 3.63) is 63.0 Å². The normalized spacial score (nSPS) is 14.8. The van der Waals surface area contributed by atoms with Crippen molar-refractivity contribution in [2.45, 2.75) is 6.92 Å². The summed E-state index contributed by atoms with van der Waals surface area (Å²) in [6.45, 7) is 6.38. The highest BCUT2D eigenvalue weighted by atomic mass is 79.9. The summed E-state index contributed by atoms with van der Waals surface area (Å²) in [5.41, 5.74) is 1.36. The topological polar surface area (TPSA) is 48.0 Å². The van der Waals surface area contributed by atoms with E-state index in [-0.39, 0.29) is 5.91 Å². The van der Waals surface area contributed by atoms with Gasteiger partial charge in [-0.1, -0.05) is 48.2 Å². The van der Waals surface area contributed by atoms with Gasteiger partial charge in [-0.05, 0) is 64.8 Å². The fraction of sp³-hybridized carbons (Fsp3) is 0.182. The lowest BCUT2D eigenvalue weighted by molar-refractivity contribution is -0.113. The lowest BCUT2D eigenvalue weighted by Crippen LogP contribution is -2.27. The third kappa shape index (κ3) is 5.26. The molecule has 0 radical (unpaired) electrons. The molecule has 0 unspecified atom stereocenters. The average Bonchev–Trinajstić information content (AvgIpc) is 3.00. The van der Waals surface area contributed by atoms with Crippen LogP contribution in [-0.2, 0) is 4.79 Å². The predicted octanol–water partition coefficient (Wildman–Crippen LogP) is 6.48. The molecule has 1 heterocycles. The van der Waals surface area contributed by atoms with Crippen LogP contribution >= 0.6 is 51.5 Å². The molecule has 0 N–H and O–H groups in total. The quantitative estimate of drug-likeness (QED) is 0.217. The molecule has 1 saturated heterocycles. The van der Waals surface area contributed by atoms with Gasteiger partial charge in [0, 0.05) is 0 Å². The van der Waals surface area contributed by atoms with Gasteiger partial charge in [-0.15, -0.1) is 0 Å². The average molecular weight is 541 g/mol. The molecule has 2 aromatic carbocycles. The number of thiocarbonyl (C=S) groups is 1. The number of nitrogens with zero attached hydrogens (tertiary/aromatic N) is 1. The summed E-state index contributed by atoms with van der Waals surface area (Å²) in [5.74, 6) is 1.46. The number of carbonyl (C=O) groups is 1. The third-order valence-corrected chi connectivity index (χ3v) is 6.35. The van der Waals surface area contributed by atoms with Crippen LogP contribution in [0.4, 0.5) is 5.69 Å². The molecular weight excluding hydrogens is 522 g/mol. The van der Waals surface area contributed by atoms with Crippen molar-refractivity contribution in [2.75, 3.05) is 25.2 Å². The predicted molar refractivity (Wildman–Crippen MR) is 135 cm³/mol. The van der Waals surface area contributed by atoms with Gasteiger partial charge in [-0.2, -0.15) is 0 Å². The number of methoxy groups -OCH3 is 1. The summed E-state index contributed by atoms with van der Waals surface area (Å²) in [4.78, 5) is 15.0. The number of amides is 1. The summed E-state index contributed by atoms with van der Waals surface area (Å²) < 4.78 is 17.7. The van der Waals surface area contributed by atoms with Gasteiger partial charge in [0.2, 0.25) is 0 Å². The van der Waals surface area contributed by atoms with Crippen molar-refractivity contribution in [1.29, 1.82) is 0 Å². The molecule has 0 atom stereocenters. The minimum Gasteiger partial charge on any atom is -0.495 e. The molecule has 0 bridgehead atoms. The Hall–Kier alpha value is -2.00. The van der Waals surface area contributed by atoms with E-state index < -0.39 is 0 Å². The van der Waals surface area contributed by atoms with Crippen molar-refractivity contribution in [1.82, 2.24) is 0 Å². The summed E-state index contributed by atoms with van der Waals surface area (Å²) in [5, 5.41) is 0.401. The van der Waals surface area contributed by atoms with Crippen LogP contribution in [0.1, 0.15) is 12.5 Å². The van der Waals surface area contributed by atoms with E-state index in [1.807, 2.05) is 19.1 Å². The SMILES string of the molecule is C=CCOc1c(Br)cc(/C=C2/SC(=S)N(c3ccc(OC)c(Cl)c3)C2=O)cc1OCC. The van der Waals surface area contributed by atoms with Gasteiger partial charge < -0.3 is 14.2 Å². The summed E-state index contributed by atoms with van der Waals surface area (Å²) in [6, 6.07) is 8.78. The molecule has 2 aromatic rings. The molecule has 5 nitrogen and oxygen atoms in total. The molecule has 3 rings (SSSR count). The highest BCUT2D eigenvalue weighted by Gasteiger charge is 2.33. The zero-order chi connectivity index (χ0) is 22.5. The molecule has 0 saturated carbocycles. The first-order chi connectivity index (χ1) is 14.9. The van der Waals surface area contributed by atoms with Crippen molar-refractivity contribution >= 4 is 73.5 Å². The number of halogens is 2. The van der Waals surface area contributed by atoms with Crippen LogP contribution in [0.3, 0.4) is 0 Å². The number of carbonyl (C=O) groups excluding carboxylic acids is 1. The Morgan fingerprint density at radius 3 is 2.68 bits per heavy atom. The van der Waals surface area contributed by atoms with E-state index in [1.165, 1.54) is 23.8 Å². The molecule has 1 amide bonds. The standard InChI is InChI=1S/C22H19BrClNO4S2/c1-4-8-29-20-15(23)9-13(10-18(20)28-5-2)11-19-21(26)25(22(30)31-19)14-6-7-17(27-3)16(24)12-14/h4,6-7,9-12H,1,5,8H2,2-3H3/b19-11+. The van der Waals surface area contributed by atoms with E-state index in [1.54, 1.807) is 30.4 Å². The molecule has 0 aromatic heterocycles. The van der Waals surface area contributed by atoms with Crippen LogP contribution < -0.4 is 19.1 Å². The van der Waals surface area contributed by atoms with Crippen LogP contribution in [0.5, 0.6) is 17.2 Å². The Kier molecular flexibility index (Phi) is 8.05. The number of ether oxygens (including phenoxy) is 3. The maximum Gasteiger partial charge on any atom is 0.270 e. The highest BCUT2D eigenvalue weighted by molar-refractivity contribution is 9.10. The number of benzene rings is 2. The minimum absolute atomic E-state index is 0.225. The number of rotatable bonds is 8. The zero-order valence-electron chi connectivity index (χ0n) is 16.8. The third-order valence-electron chi connectivity index (χ3n) is 4.16. The van der Waals surface area contributed by atoms with Gasteiger partial charge in [0.25, 0.3) is 5.91 Å². The Morgan fingerprint density at radius 2 is 2.03 bits per heavy atom. The Labute approximate surface area is 204 Å². The molecule has 31 heavy (non-hydrogen) atoms. The van der Waals surface area contributed by atoms with Crippen LogP contribution in [0.2, 0.25) is 5.02 Å². The summed E-state index contributed by atoms with van der Waals surface area (Å²) >= 11 is 16.4. The minimum atomic E-state index is -0.225. The molecule has 162 valence electrons. The van der Waals surface area contributed by atoms with Gasteiger partial charge in [0.05, 0.1) is 33.8 Å². The maximum atomic E-state index is 13.1. The summed E-state index contributed by atoms with van der Waals surface area (Å²) in [6.07, 6.45) is 3.43. The maximum absolute atomic E-state index is 13.1. The number of hydrogen-bond donors (Lipinski definition) is 0. The van der Waals surface area contributed by atoms with Gasteiger partial charge in [0.1, 0.15) is 12.4 Å². The van der Waals surface area contributed by atoms with Crippen molar-refractivity contribution < 1.29 is 19.0 Å². The highest BCUT2D eigenvalue weighted by Crippen LogP contribution is 2.41. The van der Waals surface area contributed by atoms with E-state index in [2.05, 4.69) is 22.5 Å². The van der Waals surface area contributed by atoms with E-state index in [0.717, 1.165) is 5.56 Å². The smallest absolute Gasteiger partial charge is 0.270 e. The molecule has 0 spiro atoms. The van der Waals surface area contributed by atoms with Crippen LogP contribution in [0.25, 0.3) is 6.08 Å². The largest absolute Gasteiger partial charge is 0.495 e. The van der Waals surface area contributed by atoms with Crippen LogP contribution in [-0.4, -0.2) is 30.6 Å². The zero-order valence-corrected chi connectivity index (χ0v) is 20.8. The van der Waals surface area contributed by atoms with Gasteiger partial charge in [-0.3, -0.25) is 9.69 Å². The Balaban J connectivity index is 1.93. The molecule has 1 aliphatic rings. The molecular formula is C22H19BrClNO4S2. The van der Waals surface area contributed by atoms with Crippen molar-refractivity contribution in [2.24, 2.45) is 0 Å². The summed E-state index contributed by atoms with van der Waals surface area (Å²) in [7, 11) is 1.53. The fourth-order valence-corrected chi connectivity index (χ4v) is 4.98. The second kappa shape index (κ2) is 10.5. The Bertz CT molecular complexity index is 1070. The molecule has 9 heteroatoms. The van der Waals surface area contributed by atoms with Crippen LogP contribution in [0, 0.1) is 0 Å². The lowest BCUT2D eigenvalue weighted by atomic mass is 10.1. The second-order valence-corrected chi connectivity index (χ2v) is 9.14. The van der Waals surface area contributed by atoms with Gasteiger partial charge >= 0.3 is 0 Å². The number of hydrogen-bond acceptors (Lipinski definition) is 6. The second-order valence-electron chi connectivity index (χ2n) is 6.20. The lowest BCUT2D eigenvalue weighted by Gasteiger charge is -2.16.